The van der Waals surface area contributed by atoms with Gasteiger partial charge in [-0.25, -0.2) is 0 Å². The van der Waals surface area contributed by atoms with E-state index in [0.717, 1.165) is 12.8 Å². The number of nitrogens with zero attached hydrogens (tertiary/aromatic N) is 1. The fourth-order valence-electron chi connectivity index (χ4n) is 1.05. The highest BCUT2D eigenvalue weighted by atomic mass is 16.4. The molecule has 0 aromatic carbocycles. The zero-order valence-electron chi connectivity index (χ0n) is 5.88. The highest BCUT2D eigenvalue weighted by molar-refractivity contribution is 5.80. The van der Waals surface area contributed by atoms with Crippen molar-refractivity contribution in [3.05, 3.63) is 0 Å². The Morgan fingerprint density at radius 3 is 2.50 bits per heavy atom. The lowest BCUT2D eigenvalue weighted by Crippen LogP contribution is -2.23. The Labute approximate surface area is 59.9 Å². The molecule has 0 bridgehead atoms. The number of hydrogen-bond acceptors (Lipinski definition) is 3. The first-order chi connectivity index (χ1) is 4.72. The van der Waals surface area contributed by atoms with E-state index in [0.29, 0.717) is 18.8 Å². The van der Waals surface area contributed by atoms with Crippen LogP contribution in [-0.4, -0.2) is 17.6 Å². The van der Waals surface area contributed by atoms with E-state index in [-0.39, 0.29) is 5.41 Å². The summed E-state index contributed by atoms with van der Waals surface area (Å²) in [5, 5.41) is 11.1. The van der Waals surface area contributed by atoms with Crippen LogP contribution in [0.4, 0.5) is 0 Å². The first-order valence-corrected chi connectivity index (χ1v) is 3.39. The maximum Gasteiger partial charge on any atom is 0.139 e. The van der Waals surface area contributed by atoms with E-state index in [1.165, 1.54) is 0 Å². The van der Waals surface area contributed by atoms with Gasteiger partial charge in [0.15, 0.2) is 0 Å². The summed E-state index contributed by atoms with van der Waals surface area (Å²) in [6, 6.07) is 0. The molecular formula is C6H13N3O. The first-order valence-electron chi connectivity index (χ1n) is 3.39. The maximum absolute atomic E-state index is 8.24. The predicted molar refractivity (Wildman–Crippen MR) is 38.7 cm³/mol. The molecular weight excluding hydrogens is 130 g/mol. The summed E-state index contributed by atoms with van der Waals surface area (Å²) in [7, 11) is 0. The summed E-state index contributed by atoms with van der Waals surface area (Å²) < 4.78 is 0. The molecule has 1 aliphatic rings. The molecule has 58 valence electrons. The molecule has 1 saturated carbocycles. The lowest BCUT2D eigenvalue weighted by molar-refractivity contribution is 0.314. The van der Waals surface area contributed by atoms with Gasteiger partial charge in [0.05, 0.1) is 0 Å². The molecule has 4 nitrogen and oxygen atoms in total. The van der Waals surface area contributed by atoms with E-state index < -0.39 is 0 Å². The van der Waals surface area contributed by atoms with Crippen LogP contribution in [0, 0.1) is 5.41 Å². The molecule has 0 heterocycles. The Hall–Kier alpha value is -0.770. The lowest BCUT2D eigenvalue weighted by atomic mass is 10.0. The van der Waals surface area contributed by atoms with Crippen LogP contribution >= 0.6 is 0 Å². The van der Waals surface area contributed by atoms with E-state index in [1.54, 1.807) is 0 Å². The van der Waals surface area contributed by atoms with Crippen molar-refractivity contribution in [3.63, 3.8) is 0 Å². The Morgan fingerprint density at radius 2 is 2.20 bits per heavy atom. The summed E-state index contributed by atoms with van der Waals surface area (Å²) in [6.45, 7) is 0.642. The van der Waals surface area contributed by atoms with E-state index in [1.807, 2.05) is 0 Å². The summed E-state index contributed by atoms with van der Waals surface area (Å²) in [4.78, 5) is 0. The third kappa shape index (κ3) is 1.39. The van der Waals surface area contributed by atoms with Gasteiger partial charge in [-0.2, -0.15) is 0 Å². The second-order valence-corrected chi connectivity index (χ2v) is 2.97. The topological polar surface area (TPSA) is 84.6 Å². The molecule has 0 amide bonds. The zero-order valence-corrected chi connectivity index (χ0v) is 5.88. The smallest absolute Gasteiger partial charge is 0.139 e. The molecule has 10 heavy (non-hydrogen) atoms. The Bertz CT molecular complexity index is 151. The second kappa shape index (κ2) is 2.46. The maximum atomic E-state index is 8.24. The van der Waals surface area contributed by atoms with Crippen LogP contribution in [0.25, 0.3) is 0 Å². The molecule has 0 aliphatic heterocycles. The van der Waals surface area contributed by atoms with Gasteiger partial charge in [0.25, 0.3) is 0 Å². The molecule has 0 radical (unpaired) electrons. The van der Waals surface area contributed by atoms with Crippen LogP contribution in [0.3, 0.4) is 0 Å². The quantitative estimate of drug-likeness (QED) is 0.222. The summed E-state index contributed by atoms with van der Waals surface area (Å²) in [5.74, 6) is 0.294. The van der Waals surface area contributed by atoms with Crippen molar-refractivity contribution in [1.29, 1.82) is 0 Å². The van der Waals surface area contributed by atoms with Crippen molar-refractivity contribution in [3.8, 4) is 0 Å². The number of rotatable bonds is 3. The minimum atomic E-state index is 0.177. The van der Waals surface area contributed by atoms with Gasteiger partial charge in [-0.05, 0) is 24.8 Å². The summed E-state index contributed by atoms with van der Waals surface area (Å²) in [5.41, 5.74) is 11.0. The van der Waals surface area contributed by atoms with Crippen LogP contribution in [-0.2, 0) is 0 Å². The van der Waals surface area contributed by atoms with Crippen LogP contribution in [0.15, 0.2) is 5.16 Å². The van der Waals surface area contributed by atoms with Crippen LogP contribution in [0.1, 0.15) is 19.3 Å². The highest BCUT2D eigenvalue weighted by Gasteiger charge is 2.41. The van der Waals surface area contributed by atoms with Crippen LogP contribution in [0.2, 0.25) is 0 Å². The van der Waals surface area contributed by atoms with Gasteiger partial charge in [-0.3, -0.25) is 0 Å². The molecule has 1 rings (SSSR count). The first kappa shape index (κ1) is 7.34. The zero-order chi connectivity index (χ0) is 7.61. The van der Waals surface area contributed by atoms with Gasteiger partial charge in [0, 0.05) is 6.42 Å². The van der Waals surface area contributed by atoms with Gasteiger partial charge in [0.2, 0.25) is 0 Å². The predicted octanol–water partition coefficient (Wildman–Crippen LogP) is -0.138. The van der Waals surface area contributed by atoms with E-state index >= 15 is 0 Å². The fraction of sp³-hybridized carbons (Fsp3) is 0.833. The molecule has 1 fully saturated rings. The molecule has 0 atom stereocenters. The monoisotopic (exact) mass is 143 g/mol. The molecule has 0 saturated heterocycles. The van der Waals surface area contributed by atoms with Crippen molar-refractivity contribution in [2.24, 2.45) is 22.0 Å². The van der Waals surface area contributed by atoms with Gasteiger partial charge in [-0.15, -0.1) is 0 Å². The van der Waals surface area contributed by atoms with Crippen molar-refractivity contribution in [1.82, 2.24) is 0 Å². The molecule has 0 aromatic rings. The molecule has 5 N–H and O–H groups in total. The van der Waals surface area contributed by atoms with Gasteiger partial charge in [0.1, 0.15) is 5.84 Å². The molecule has 0 unspecified atom stereocenters. The Morgan fingerprint density at radius 1 is 1.60 bits per heavy atom. The Kier molecular flexibility index (Phi) is 1.80. The average molecular weight is 143 g/mol. The average Bonchev–Trinajstić information content (AvgIpc) is 2.70. The van der Waals surface area contributed by atoms with E-state index in [9.17, 15) is 0 Å². The fourth-order valence-corrected chi connectivity index (χ4v) is 1.05. The van der Waals surface area contributed by atoms with Gasteiger partial charge >= 0.3 is 0 Å². The molecule has 0 spiro atoms. The van der Waals surface area contributed by atoms with Crippen LogP contribution in [0.5, 0.6) is 0 Å². The minimum Gasteiger partial charge on any atom is -0.409 e. The van der Waals surface area contributed by atoms with Crippen molar-refractivity contribution < 1.29 is 5.21 Å². The van der Waals surface area contributed by atoms with Crippen LogP contribution < -0.4 is 11.5 Å². The lowest BCUT2D eigenvalue weighted by Gasteiger charge is -2.08. The minimum absolute atomic E-state index is 0.177. The van der Waals surface area contributed by atoms with Gasteiger partial charge in [-0.1, -0.05) is 5.16 Å². The highest BCUT2D eigenvalue weighted by Crippen LogP contribution is 2.47. The summed E-state index contributed by atoms with van der Waals surface area (Å²) >= 11 is 0. The standard InChI is InChI=1S/C6H13N3O/c7-4-6(1-2-6)3-5(8)9-10/h10H,1-4,7H2,(H2,8,9). The third-order valence-corrected chi connectivity index (χ3v) is 2.07. The second-order valence-electron chi connectivity index (χ2n) is 2.97. The summed E-state index contributed by atoms with van der Waals surface area (Å²) in [6.07, 6.45) is 2.86. The number of hydrogen-bond donors (Lipinski definition) is 3. The number of nitrogens with two attached hydrogens (primary N) is 2. The SMILES string of the molecule is NCC1(C/C(N)=N/O)CC1. The molecule has 4 heteroatoms. The normalized spacial score (nSPS) is 22.7. The van der Waals surface area contributed by atoms with E-state index in [2.05, 4.69) is 5.16 Å². The third-order valence-electron chi connectivity index (χ3n) is 2.07. The van der Waals surface area contributed by atoms with Crippen molar-refractivity contribution >= 4 is 5.84 Å². The number of amidine groups is 1. The van der Waals surface area contributed by atoms with Crippen molar-refractivity contribution in [2.45, 2.75) is 19.3 Å². The van der Waals surface area contributed by atoms with Gasteiger partial charge < -0.3 is 16.7 Å². The largest absolute Gasteiger partial charge is 0.409 e. The number of oxime groups is 1. The van der Waals surface area contributed by atoms with Crippen molar-refractivity contribution in [2.75, 3.05) is 6.54 Å². The Balaban J connectivity index is 2.38. The van der Waals surface area contributed by atoms with E-state index in [4.69, 9.17) is 16.7 Å². The molecule has 0 aromatic heterocycles. The molecule has 1 aliphatic carbocycles.